The van der Waals surface area contributed by atoms with E-state index in [0.29, 0.717) is 5.56 Å². The molecule has 0 aliphatic heterocycles. The summed E-state index contributed by atoms with van der Waals surface area (Å²) in [4.78, 5) is 32.5. The second kappa shape index (κ2) is 7.68. The minimum atomic E-state index is -0.814. The van der Waals surface area contributed by atoms with Crippen LogP contribution >= 0.6 is 0 Å². The minimum absolute atomic E-state index is 0.0337. The van der Waals surface area contributed by atoms with Gasteiger partial charge in [-0.15, -0.1) is 0 Å². The third kappa shape index (κ3) is 3.86. The van der Waals surface area contributed by atoms with Crippen molar-refractivity contribution < 1.29 is 19.7 Å². The van der Waals surface area contributed by atoms with Crippen LogP contribution in [0.1, 0.15) is 15.9 Å². The van der Waals surface area contributed by atoms with Gasteiger partial charge in [0.1, 0.15) is 5.75 Å². The van der Waals surface area contributed by atoms with Crippen LogP contribution < -0.4 is 10.9 Å². The molecule has 3 aromatic rings. The number of aromatic hydroxyl groups is 1. The maximum absolute atomic E-state index is 12.3. The number of phenols is 1. The van der Waals surface area contributed by atoms with Crippen LogP contribution in [0.25, 0.3) is 10.8 Å². The third-order valence-corrected chi connectivity index (χ3v) is 4.07. The van der Waals surface area contributed by atoms with Gasteiger partial charge in [-0.3, -0.25) is 30.4 Å². The van der Waals surface area contributed by atoms with Gasteiger partial charge in [0, 0.05) is 24.2 Å². The molecule has 3 aromatic carbocycles. The monoisotopic (exact) mass is 382 g/mol. The lowest BCUT2D eigenvalue weighted by Gasteiger charge is -2.11. The van der Waals surface area contributed by atoms with E-state index in [1.807, 2.05) is 24.3 Å². The second-order valence-corrected chi connectivity index (χ2v) is 5.84. The Morgan fingerprint density at radius 1 is 0.964 bits per heavy atom. The Kier molecular flexibility index (Phi) is 5.14. The summed E-state index contributed by atoms with van der Waals surface area (Å²) in [6.07, 6.45) is 0. The van der Waals surface area contributed by atoms with Gasteiger partial charge < -0.3 is 5.11 Å². The van der Waals surface area contributed by atoms with E-state index >= 15 is 0 Å². The Morgan fingerprint density at radius 2 is 1.61 bits per heavy atom. The molecule has 0 fully saturated rings. The molecule has 1 amide bonds. The predicted octanol–water partition coefficient (Wildman–Crippen LogP) is 2.80. The number of carbonyl (C=O) groups excluding carboxylic acids is 1. The Balaban J connectivity index is 1.78. The Morgan fingerprint density at radius 3 is 2.25 bits per heavy atom. The summed E-state index contributed by atoms with van der Waals surface area (Å²) in [6.45, 7) is 0.0654. The summed E-state index contributed by atoms with van der Waals surface area (Å²) in [6, 6.07) is 13.3. The Bertz CT molecular complexity index is 1070. The highest BCUT2D eigenvalue weighted by Gasteiger charge is 2.20. The van der Waals surface area contributed by atoms with Crippen LogP contribution in [-0.2, 0) is 6.54 Å². The van der Waals surface area contributed by atoms with Gasteiger partial charge in [0.05, 0.1) is 21.5 Å². The van der Waals surface area contributed by atoms with Gasteiger partial charge in [-0.2, -0.15) is 0 Å². The number of hydrazine groups is 1. The fourth-order valence-electron chi connectivity index (χ4n) is 2.73. The van der Waals surface area contributed by atoms with Crippen LogP contribution in [-0.4, -0.2) is 20.9 Å². The zero-order chi connectivity index (χ0) is 20.3. The van der Waals surface area contributed by atoms with E-state index in [4.69, 9.17) is 0 Å². The van der Waals surface area contributed by atoms with Crippen LogP contribution in [0.3, 0.4) is 0 Å². The van der Waals surface area contributed by atoms with E-state index in [9.17, 15) is 30.1 Å². The van der Waals surface area contributed by atoms with Crippen LogP contribution in [0.4, 0.5) is 11.4 Å². The van der Waals surface area contributed by atoms with Crippen molar-refractivity contribution in [2.75, 3.05) is 0 Å². The number of rotatable bonds is 6. The number of fused-ring (bicyclic) bond motifs is 1. The van der Waals surface area contributed by atoms with Crippen molar-refractivity contribution in [2.45, 2.75) is 6.54 Å². The fraction of sp³-hybridized carbons (Fsp3) is 0.0556. The molecule has 0 aliphatic carbocycles. The van der Waals surface area contributed by atoms with Crippen molar-refractivity contribution in [2.24, 2.45) is 0 Å². The van der Waals surface area contributed by atoms with Gasteiger partial charge in [-0.05, 0) is 16.8 Å². The molecule has 28 heavy (non-hydrogen) atoms. The van der Waals surface area contributed by atoms with Crippen molar-refractivity contribution in [1.82, 2.24) is 10.9 Å². The molecule has 0 saturated heterocycles. The number of benzene rings is 3. The Labute approximate surface area is 157 Å². The van der Waals surface area contributed by atoms with E-state index in [2.05, 4.69) is 10.9 Å². The molecule has 0 heterocycles. The molecule has 0 unspecified atom stereocenters. The van der Waals surface area contributed by atoms with Crippen LogP contribution in [0.2, 0.25) is 0 Å². The van der Waals surface area contributed by atoms with Crippen LogP contribution in [0, 0.1) is 20.2 Å². The van der Waals surface area contributed by atoms with Crippen molar-refractivity contribution >= 4 is 28.1 Å². The summed E-state index contributed by atoms with van der Waals surface area (Å²) in [7, 11) is 0. The number of phenolic OH excluding ortho intramolecular Hbond substituents is 1. The first-order valence-electron chi connectivity index (χ1n) is 8.03. The van der Waals surface area contributed by atoms with Gasteiger partial charge >= 0.3 is 0 Å². The quantitative estimate of drug-likeness (QED) is 0.438. The summed E-state index contributed by atoms with van der Waals surface area (Å²) in [5.41, 5.74) is 4.13. The van der Waals surface area contributed by atoms with Crippen molar-refractivity contribution in [3.05, 3.63) is 86.0 Å². The van der Waals surface area contributed by atoms with Gasteiger partial charge in [0.2, 0.25) is 0 Å². The standard InChI is InChI=1S/C18H14N4O6/c23-17-6-5-11-3-1-2-4-15(11)16(17)10-19-20-18(24)12-7-13(21(25)26)9-14(8-12)22(27)28/h1-9,19,23H,10H2,(H,20,24). The topological polar surface area (TPSA) is 148 Å². The summed E-state index contributed by atoms with van der Waals surface area (Å²) in [5.74, 6) is -0.752. The molecule has 0 saturated carbocycles. The lowest BCUT2D eigenvalue weighted by atomic mass is 10.0. The molecular weight excluding hydrogens is 368 g/mol. The SMILES string of the molecule is O=C(NNCc1c(O)ccc2ccccc12)c1cc([N+](=O)[O-])cc([N+](=O)[O-])c1. The van der Waals surface area contributed by atoms with Gasteiger partial charge in [0.15, 0.2) is 0 Å². The number of nitrogens with zero attached hydrogens (tertiary/aromatic N) is 2. The first-order chi connectivity index (χ1) is 13.4. The predicted molar refractivity (Wildman–Crippen MR) is 99.7 cm³/mol. The lowest BCUT2D eigenvalue weighted by molar-refractivity contribution is -0.394. The van der Waals surface area contributed by atoms with E-state index < -0.39 is 27.1 Å². The normalized spacial score (nSPS) is 10.6. The summed E-state index contributed by atoms with van der Waals surface area (Å²) in [5, 5.41) is 33.6. The zero-order valence-corrected chi connectivity index (χ0v) is 14.3. The molecule has 10 nitrogen and oxygen atoms in total. The molecule has 0 aliphatic rings. The van der Waals surface area contributed by atoms with Crippen molar-refractivity contribution in [3.8, 4) is 5.75 Å². The van der Waals surface area contributed by atoms with Crippen molar-refractivity contribution in [1.29, 1.82) is 0 Å². The van der Waals surface area contributed by atoms with E-state index in [1.165, 1.54) is 6.07 Å². The highest BCUT2D eigenvalue weighted by Crippen LogP contribution is 2.27. The molecule has 0 bridgehead atoms. The second-order valence-electron chi connectivity index (χ2n) is 5.84. The van der Waals surface area contributed by atoms with Crippen LogP contribution in [0.15, 0.2) is 54.6 Å². The number of non-ortho nitro benzene ring substituents is 2. The molecular formula is C18H14N4O6. The largest absolute Gasteiger partial charge is 0.508 e. The molecule has 0 atom stereocenters. The molecule has 0 spiro atoms. The number of nitro groups is 2. The highest BCUT2D eigenvalue weighted by molar-refractivity contribution is 5.95. The van der Waals surface area contributed by atoms with E-state index in [1.54, 1.807) is 6.07 Å². The third-order valence-electron chi connectivity index (χ3n) is 4.07. The molecule has 0 aromatic heterocycles. The van der Waals surface area contributed by atoms with Crippen LogP contribution in [0.5, 0.6) is 5.75 Å². The molecule has 10 heteroatoms. The number of hydrogen-bond acceptors (Lipinski definition) is 7. The number of nitro benzene ring substituents is 2. The van der Waals surface area contributed by atoms with E-state index in [-0.39, 0.29) is 17.9 Å². The highest BCUT2D eigenvalue weighted by atomic mass is 16.6. The molecule has 142 valence electrons. The summed E-state index contributed by atoms with van der Waals surface area (Å²) >= 11 is 0. The zero-order valence-electron chi connectivity index (χ0n) is 14.3. The fourth-order valence-corrected chi connectivity index (χ4v) is 2.73. The maximum Gasteiger partial charge on any atom is 0.277 e. The molecule has 0 radical (unpaired) electrons. The average Bonchev–Trinajstić information content (AvgIpc) is 2.69. The molecule has 3 rings (SSSR count). The van der Waals surface area contributed by atoms with E-state index in [0.717, 1.165) is 29.0 Å². The van der Waals surface area contributed by atoms with Gasteiger partial charge in [-0.1, -0.05) is 30.3 Å². The smallest absolute Gasteiger partial charge is 0.277 e. The maximum atomic E-state index is 12.3. The van der Waals surface area contributed by atoms with Gasteiger partial charge in [0.25, 0.3) is 17.3 Å². The first-order valence-corrected chi connectivity index (χ1v) is 8.03. The van der Waals surface area contributed by atoms with Gasteiger partial charge in [-0.25, -0.2) is 5.43 Å². The minimum Gasteiger partial charge on any atom is -0.508 e. The molecule has 3 N–H and O–H groups in total. The number of amides is 1. The first kappa shape index (κ1) is 18.7. The Hall–Kier alpha value is -4.05. The number of carbonyl (C=O) groups is 1. The number of nitrogens with one attached hydrogen (secondary N) is 2. The lowest BCUT2D eigenvalue weighted by Crippen LogP contribution is -2.36. The van der Waals surface area contributed by atoms with Crippen molar-refractivity contribution in [3.63, 3.8) is 0 Å². The number of hydrogen-bond donors (Lipinski definition) is 3. The average molecular weight is 382 g/mol. The summed E-state index contributed by atoms with van der Waals surface area (Å²) < 4.78 is 0.